The van der Waals surface area contributed by atoms with E-state index in [0.717, 1.165) is 98.7 Å². The Morgan fingerprint density at radius 2 is 1.03 bits per heavy atom. The van der Waals surface area contributed by atoms with E-state index in [-0.39, 0.29) is 0 Å². The van der Waals surface area contributed by atoms with Crippen molar-refractivity contribution in [1.82, 2.24) is 28.7 Å². The van der Waals surface area contributed by atoms with Crippen LogP contribution in [0.3, 0.4) is 0 Å². The molecule has 0 aliphatic heterocycles. The molecule has 0 aliphatic rings. The quantitative estimate of drug-likeness (QED) is 0.152. The Kier molecular flexibility index (Phi) is 8.94. The van der Waals surface area contributed by atoms with Gasteiger partial charge in [0.05, 0.1) is 0 Å². The van der Waals surface area contributed by atoms with Gasteiger partial charge in [0, 0.05) is 29.7 Å². The molecule has 0 N–H and O–H groups in total. The molecule has 0 atom stereocenters. The Morgan fingerprint density at radius 1 is 0.417 bits per heavy atom. The van der Waals surface area contributed by atoms with Crippen molar-refractivity contribution in [2.45, 2.75) is 0 Å². The van der Waals surface area contributed by atoms with Gasteiger partial charge in [-0.25, -0.2) is 9.97 Å². The van der Waals surface area contributed by atoms with Crippen LogP contribution in [0.4, 0.5) is 0 Å². The normalized spacial score (nSPS) is 11.4. The summed E-state index contributed by atoms with van der Waals surface area (Å²) in [5.41, 5.74) is 12.9. The van der Waals surface area contributed by atoms with Gasteiger partial charge in [0.1, 0.15) is 6.33 Å². The van der Waals surface area contributed by atoms with Crippen LogP contribution in [0.25, 0.3) is 83.4 Å². The molecule has 7 nitrogen and oxygen atoms in total. The van der Waals surface area contributed by atoms with Gasteiger partial charge >= 0.3 is 294 Å². The summed E-state index contributed by atoms with van der Waals surface area (Å²) in [6, 6.07) is 63.7. The second kappa shape index (κ2) is 15.0. The molecule has 0 amide bonds. The summed E-state index contributed by atoms with van der Waals surface area (Å²) in [6.07, 6.45) is 7.01. The van der Waals surface area contributed by atoms with Crippen LogP contribution in [-0.2, 0) is 19.4 Å². The molecule has 0 bridgehead atoms. The predicted molar refractivity (Wildman–Crippen MR) is 236 cm³/mol. The van der Waals surface area contributed by atoms with Crippen molar-refractivity contribution >= 4 is 32.8 Å². The maximum atomic E-state index is 6.74. The zero-order chi connectivity index (χ0) is 40.0. The van der Waals surface area contributed by atoms with Crippen LogP contribution >= 0.6 is 0 Å². The molecule has 0 radical (unpaired) electrons. The minimum absolute atomic E-state index is 0.730. The van der Waals surface area contributed by atoms with Gasteiger partial charge in [-0.15, -0.1) is 0 Å². The van der Waals surface area contributed by atoms with Crippen molar-refractivity contribution in [2.75, 3.05) is 0 Å². The number of ether oxygens (including phenoxy) is 1. The van der Waals surface area contributed by atoms with Crippen molar-refractivity contribution < 1.29 is 24.1 Å². The van der Waals surface area contributed by atoms with Gasteiger partial charge in [0.15, 0.2) is 0 Å². The van der Waals surface area contributed by atoms with Gasteiger partial charge in [-0.3, -0.25) is 0 Å². The first-order chi connectivity index (χ1) is 29.7. The van der Waals surface area contributed by atoms with Crippen molar-refractivity contribution in [1.29, 1.82) is 0 Å². The van der Waals surface area contributed by atoms with Crippen molar-refractivity contribution in [3.05, 3.63) is 211 Å². The Morgan fingerprint density at radius 3 is 1.73 bits per heavy atom. The van der Waals surface area contributed by atoms with E-state index in [1.54, 1.807) is 12.4 Å². The third kappa shape index (κ3) is 6.19. The number of hydrogen-bond acceptors (Lipinski definition) is 4. The Hall–Kier alpha value is -7.47. The van der Waals surface area contributed by atoms with E-state index >= 15 is 0 Å². The van der Waals surface area contributed by atoms with Crippen LogP contribution in [0.2, 0.25) is 0 Å². The van der Waals surface area contributed by atoms with Gasteiger partial charge in [-0.05, 0) is 6.07 Å². The summed E-state index contributed by atoms with van der Waals surface area (Å²) < 4.78 is 14.7. The second-order valence-corrected chi connectivity index (χ2v) is 15.5. The van der Waals surface area contributed by atoms with Gasteiger partial charge in [-0.1, -0.05) is 12.1 Å². The van der Waals surface area contributed by atoms with E-state index in [1.807, 2.05) is 24.4 Å². The fourth-order valence-electron chi connectivity index (χ4n) is 8.28. The van der Waals surface area contributed by atoms with Crippen molar-refractivity contribution in [3.8, 4) is 62.1 Å². The molecule has 0 spiro atoms. The SMILES string of the molecule is [Pt]=[c]1n(-c2cccc(Oc3ccc4c5ccccc5n(-c5ccc(-c6cncnc6)cn5)c4c3)c2)c2ccccc2n1-c1c(-c2ccccc2)cccc1-c1ccccc1. The van der Waals surface area contributed by atoms with E-state index in [0.29, 0.717) is 0 Å². The molecule has 0 fully saturated rings. The van der Waals surface area contributed by atoms with E-state index in [1.165, 1.54) is 6.33 Å². The standard InChI is InChI=1S/C52H34N6O.Pt/c1-3-13-36(14-4-1)43-20-12-21-44(37-15-5-2-6-16-37)52(43)57-35-56(48-23-9-10-24-49(48)57)40-17-11-18-41(29-40)59-42-26-27-46-45-19-7-8-22-47(45)58(50(46)30-42)51-28-25-38(33-55-51)39-31-53-34-54-32-39;/h1-34H;. The summed E-state index contributed by atoms with van der Waals surface area (Å²) in [4.78, 5) is 13.3. The number of nitrogens with zero attached hydrogens (tertiary/aromatic N) is 6. The van der Waals surface area contributed by atoms with Gasteiger partial charge in [-0.2, -0.15) is 0 Å². The van der Waals surface area contributed by atoms with E-state index < -0.39 is 0 Å². The van der Waals surface area contributed by atoms with Crippen LogP contribution in [0, 0.1) is 3.80 Å². The summed E-state index contributed by atoms with van der Waals surface area (Å²) in [5, 5.41) is 2.27. The molecule has 288 valence electrons. The van der Waals surface area contributed by atoms with Gasteiger partial charge in [0.25, 0.3) is 0 Å². The fourth-order valence-corrected chi connectivity index (χ4v) is 9.37. The van der Waals surface area contributed by atoms with Crippen LogP contribution in [0.15, 0.2) is 207 Å². The Balaban J connectivity index is 1.02. The molecule has 0 saturated carbocycles. The second-order valence-electron chi connectivity index (χ2n) is 14.5. The van der Waals surface area contributed by atoms with Gasteiger partial charge in [0.2, 0.25) is 0 Å². The molecule has 0 unspecified atom stereocenters. The molecular formula is C52H34N6OPt. The van der Waals surface area contributed by atoms with Crippen LogP contribution in [-0.4, -0.2) is 28.7 Å². The fraction of sp³-hybridized carbons (Fsp3) is 0. The van der Waals surface area contributed by atoms with E-state index in [4.69, 9.17) is 9.72 Å². The third-order valence-corrected chi connectivity index (χ3v) is 12.0. The number of aromatic nitrogens is 6. The molecule has 11 aromatic rings. The number of para-hydroxylation sites is 4. The summed E-state index contributed by atoms with van der Waals surface area (Å²) >= 11 is 2.49. The molecule has 4 aromatic heterocycles. The zero-order valence-corrected chi connectivity index (χ0v) is 34.3. The number of fused-ring (bicyclic) bond motifs is 4. The molecular weight excluding hydrogens is 920 g/mol. The topological polar surface area (TPSA) is 62.7 Å². The first-order valence-corrected chi connectivity index (χ1v) is 20.8. The zero-order valence-electron chi connectivity index (χ0n) is 32.0. The molecule has 8 heteroatoms. The minimum atomic E-state index is 0.730. The maximum absolute atomic E-state index is 6.74. The average molecular weight is 954 g/mol. The molecule has 7 aromatic carbocycles. The third-order valence-electron chi connectivity index (χ3n) is 11.0. The summed E-state index contributed by atoms with van der Waals surface area (Å²) in [6.45, 7) is 0. The number of hydrogen-bond donors (Lipinski definition) is 0. The molecule has 0 aliphatic carbocycles. The van der Waals surface area contributed by atoms with Crippen molar-refractivity contribution in [2.24, 2.45) is 0 Å². The number of rotatable bonds is 8. The van der Waals surface area contributed by atoms with E-state index in [2.05, 4.69) is 207 Å². The number of pyridine rings is 1. The first kappa shape index (κ1) is 35.7. The molecule has 4 heterocycles. The first-order valence-electron chi connectivity index (χ1n) is 19.6. The molecule has 0 saturated heterocycles. The summed E-state index contributed by atoms with van der Waals surface area (Å²) in [5.74, 6) is 2.28. The molecule has 11 rings (SSSR count). The van der Waals surface area contributed by atoms with Gasteiger partial charge < -0.3 is 0 Å². The summed E-state index contributed by atoms with van der Waals surface area (Å²) in [7, 11) is 0. The monoisotopic (exact) mass is 953 g/mol. The van der Waals surface area contributed by atoms with Crippen molar-refractivity contribution in [3.63, 3.8) is 0 Å². The average Bonchev–Trinajstić information content (AvgIpc) is 3.80. The van der Waals surface area contributed by atoms with Crippen LogP contribution in [0.5, 0.6) is 11.5 Å². The number of benzene rings is 7. The Labute approximate surface area is 356 Å². The number of imidazole rings is 1. The molecule has 60 heavy (non-hydrogen) atoms. The Bertz CT molecular complexity index is 3350. The van der Waals surface area contributed by atoms with E-state index in [9.17, 15) is 0 Å². The van der Waals surface area contributed by atoms with Crippen LogP contribution in [0.1, 0.15) is 0 Å². The predicted octanol–water partition coefficient (Wildman–Crippen LogP) is 12.6. The van der Waals surface area contributed by atoms with Crippen LogP contribution < -0.4 is 4.74 Å².